The van der Waals surface area contributed by atoms with Crippen LogP contribution in [-0.4, -0.2) is 49.9 Å². The van der Waals surface area contributed by atoms with Gasteiger partial charge < -0.3 is 20.1 Å². The molecule has 0 saturated carbocycles. The van der Waals surface area contributed by atoms with E-state index in [4.69, 9.17) is 24.3 Å². The van der Waals surface area contributed by atoms with Gasteiger partial charge in [0.15, 0.2) is 0 Å². The molecule has 0 aliphatic rings. The summed E-state index contributed by atoms with van der Waals surface area (Å²) in [5.41, 5.74) is 5.35. The number of rotatable bonds is 36. The molecule has 0 rings (SSSR count). The summed E-state index contributed by atoms with van der Waals surface area (Å²) in [4.78, 5) is 22.3. The highest BCUT2D eigenvalue weighted by Gasteiger charge is 2.25. The molecule has 0 spiro atoms. The van der Waals surface area contributed by atoms with Crippen LogP contribution in [0, 0.1) is 0 Å². The van der Waals surface area contributed by atoms with E-state index >= 15 is 0 Å². The van der Waals surface area contributed by atoms with Crippen molar-refractivity contribution in [3.05, 3.63) is 12.2 Å². The topological polar surface area (TPSA) is 117 Å². The minimum atomic E-state index is -4.26. The number of unbranched alkanes of at least 4 members (excludes halogenated alkanes) is 21. The molecular formula is C36H72NO7P. The molecule has 0 aliphatic carbocycles. The molecule has 9 heteroatoms. The van der Waals surface area contributed by atoms with Gasteiger partial charge in [0.1, 0.15) is 6.10 Å². The Morgan fingerprint density at radius 3 is 1.64 bits per heavy atom. The van der Waals surface area contributed by atoms with Gasteiger partial charge in [-0.25, -0.2) is 4.57 Å². The summed E-state index contributed by atoms with van der Waals surface area (Å²) in [6, 6.07) is 0. The van der Waals surface area contributed by atoms with Gasteiger partial charge in [-0.3, -0.25) is 13.8 Å². The van der Waals surface area contributed by atoms with Crippen LogP contribution >= 0.6 is 7.82 Å². The third-order valence-electron chi connectivity index (χ3n) is 7.93. The lowest BCUT2D eigenvalue weighted by molar-refractivity contribution is -0.154. The number of hydrogen-bond acceptors (Lipinski definition) is 7. The largest absolute Gasteiger partial charge is 0.472 e. The number of phosphoric acid groups is 1. The Hall–Kier alpha value is -0.760. The lowest BCUT2D eigenvalue weighted by Gasteiger charge is -2.20. The van der Waals surface area contributed by atoms with E-state index in [-0.39, 0.29) is 32.3 Å². The van der Waals surface area contributed by atoms with Crippen molar-refractivity contribution in [1.29, 1.82) is 0 Å². The van der Waals surface area contributed by atoms with Crippen molar-refractivity contribution < 1.29 is 32.8 Å². The smallest absolute Gasteiger partial charge is 0.457 e. The van der Waals surface area contributed by atoms with Crippen LogP contribution in [0.4, 0.5) is 0 Å². The van der Waals surface area contributed by atoms with E-state index in [0.29, 0.717) is 13.0 Å². The zero-order valence-electron chi connectivity index (χ0n) is 29.4. The first-order chi connectivity index (χ1) is 21.9. The number of esters is 1. The van der Waals surface area contributed by atoms with Crippen LogP contribution in [0.5, 0.6) is 0 Å². The van der Waals surface area contributed by atoms with Crippen molar-refractivity contribution in [3.63, 3.8) is 0 Å². The molecule has 0 radical (unpaired) electrons. The minimum absolute atomic E-state index is 0.0937. The van der Waals surface area contributed by atoms with Crippen LogP contribution < -0.4 is 5.73 Å². The SMILES string of the molecule is CCCCCC/C=C\CCCCCCCCOCC(COP(=O)(O)OCCN)OC(=O)CCCCCCCCCCCCCC. The molecule has 45 heavy (non-hydrogen) atoms. The fourth-order valence-corrected chi connectivity index (χ4v) is 5.93. The predicted octanol–water partition coefficient (Wildman–Crippen LogP) is 10.4. The Labute approximate surface area is 277 Å². The molecule has 0 heterocycles. The Morgan fingerprint density at radius 2 is 1.11 bits per heavy atom. The van der Waals surface area contributed by atoms with Gasteiger partial charge in [-0.1, -0.05) is 142 Å². The summed E-state index contributed by atoms with van der Waals surface area (Å²) >= 11 is 0. The molecule has 268 valence electrons. The fraction of sp³-hybridized carbons (Fsp3) is 0.917. The molecule has 8 nitrogen and oxygen atoms in total. The van der Waals surface area contributed by atoms with Crippen LogP contribution in [0.1, 0.15) is 174 Å². The summed E-state index contributed by atoms with van der Waals surface area (Å²) in [7, 11) is -4.26. The molecule has 0 aliphatic heterocycles. The van der Waals surface area contributed by atoms with Gasteiger partial charge in [-0.2, -0.15) is 0 Å². The molecule has 0 aromatic rings. The number of ether oxygens (including phenoxy) is 2. The van der Waals surface area contributed by atoms with Gasteiger partial charge in [-0.15, -0.1) is 0 Å². The maximum atomic E-state index is 12.5. The van der Waals surface area contributed by atoms with Gasteiger partial charge in [0, 0.05) is 19.6 Å². The highest BCUT2D eigenvalue weighted by Crippen LogP contribution is 2.43. The molecule has 0 fully saturated rings. The monoisotopic (exact) mass is 662 g/mol. The number of nitrogens with two attached hydrogens (primary N) is 1. The van der Waals surface area contributed by atoms with E-state index in [0.717, 1.165) is 32.1 Å². The van der Waals surface area contributed by atoms with Gasteiger partial charge in [-0.05, 0) is 38.5 Å². The van der Waals surface area contributed by atoms with Crippen molar-refractivity contribution in [2.45, 2.75) is 180 Å². The van der Waals surface area contributed by atoms with Gasteiger partial charge in [0.2, 0.25) is 0 Å². The molecular weight excluding hydrogens is 589 g/mol. The van der Waals surface area contributed by atoms with Crippen molar-refractivity contribution >= 4 is 13.8 Å². The Kier molecular flexibility index (Phi) is 34.0. The first kappa shape index (κ1) is 44.2. The average molecular weight is 662 g/mol. The van der Waals surface area contributed by atoms with E-state index in [1.807, 2.05) is 0 Å². The molecule has 0 aromatic carbocycles. The second-order valence-corrected chi connectivity index (χ2v) is 13.9. The van der Waals surface area contributed by atoms with Crippen LogP contribution in [0.3, 0.4) is 0 Å². The Morgan fingerprint density at radius 1 is 0.644 bits per heavy atom. The van der Waals surface area contributed by atoms with Gasteiger partial charge >= 0.3 is 13.8 Å². The lowest BCUT2D eigenvalue weighted by Crippen LogP contribution is -2.28. The zero-order chi connectivity index (χ0) is 33.1. The first-order valence-electron chi connectivity index (χ1n) is 18.7. The van der Waals surface area contributed by atoms with Crippen LogP contribution in [0.2, 0.25) is 0 Å². The first-order valence-corrected chi connectivity index (χ1v) is 20.2. The van der Waals surface area contributed by atoms with E-state index in [2.05, 4.69) is 26.0 Å². The van der Waals surface area contributed by atoms with Crippen molar-refractivity contribution in [2.24, 2.45) is 5.73 Å². The third-order valence-corrected chi connectivity index (χ3v) is 8.92. The molecule has 3 N–H and O–H groups in total. The van der Waals surface area contributed by atoms with E-state index in [1.165, 1.54) is 122 Å². The van der Waals surface area contributed by atoms with E-state index in [9.17, 15) is 14.3 Å². The average Bonchev–Trinajstić information content (AvgIpc) is 3.02. The summed E-state index contributed by atoms with van der Waals surface area (Å²) < 4.78 is 33.2. The molecule has 0 aromatic heterocycles. The van der Waals surface area contributed by atoms with Crippen LogP contribution in [0.15, 0.2) is 12.2 Å². The zero-order valence-corrected chi connectivity index (χ0v) is 30.3. The minimum Gasteiger partial charge on any atom is -0.457 e. The maximum Gasteiger partial charge on any atom is 0.472 e. The normalized spacial score (nSPS) is 13.8. The summed E-state index contributed by atoms with van der Waals surface area (Å²) in [6.07, 6.45) is 33.6. The Bertz CT molecular complexity index is 707. The molecule has 0 bridgehead atoms. The molecule has 2 unspecified atom stereocenters. The molecule has 2 atom stereocenters. The van der Waals surface area contributed by atoms with Crippen LogP contribution in [0.25, 0.3) is 0 Å². The second-order valence-electron chi connectivity index (χ2n) is 12.4. The maximum absolute atomic E-state index is 12.5. The van der Waals surface area contributed by atoms with E-state index in [1.54, 1.807) is 0 Å². The van der Waals surface area contributed by atoms with Crippen molar-refractivity contribution in [3.8, 4) is 0 Å². The fourth-order valence-electron chi connectivity index (χ4n) is 5.17. The number of carbonyl (C=O) groups excluding carboxylic acids is 1. The molecule has 0 saturated heterocycles. The summed E-state index contributed by atoms with van der Waals surface area (Å²) in [6.45, 7) is 4.90. The molecule has 0 amide bonds. The number of allylic oxidation sites excluding steroid dienone is 2. The van der Waals surface area contributed by atoms with Gasteiger partial charge in [0.05, 0.1) is 19.8 Å². The Balaban J connectivity index is 4.09. The van der Waals surface area contributed by atoms with Crippen LogP contribution in [-0.2, 0) is 27.9 Å². The van der Waals surface area contributed by atoms with Crippen molar-refractivity contribution in [1.82, 2.24) is 0 Å². The number of carbonyl (C=O) groups is 1. The quantitative estimate of drug-likeness (QED) is 0.0295. The van der Waals surface area contributed by atoms with Gasteiger partial charge in [0.25, 0.3) is 0 Å². The lowest BCUT2D eigenvalue weighted by atomic mass is 10.0. The highest BCUT2D eigenvalue weighted by atomic mass is 31.2. The standard InChI is InChI=1S/C36H72NO7P/c1-3-5-7-9-11-13-15-17-18-20-22-24-26-28-31-41-33-35(34-43-45(39,40)42-32-30-37)44-36(38)29-27-25-23-21-19-16-14-12-10-8-6-4-2/h13,15,35H,3-12,14,16-34,37H2,1-2H3,(H,39,40)/b15-13-. The van der Waals surface area contributed by atoms with Crippen molar-refractivity contribution in [2.75, 3.05) is 33.0 Å². The number of hydrogen-bond donors (Lipinski definition) is 2. The summed E-state index contributed by atoms with van der Waals surface area (Å²) in [5, 5.41) is 0. The third kappa shape index (κ3) is 34.4. The second kappa shape index (κ2) is 34.6. The number of phosphoric ester groups is 1. The highest BCUT2D eigenvalue weighted by molar-refractivity contribution is 7.47. The van der Waals surface area contributed by atoms with E-state index < -0.39 is 13.9 Å². The predicted molar refractivity (Wildman–Crippen MR) is 187 cm³/mol. The summed E-state index contributed by atoms with van der Waals surface area (Å²) in [5.74, 6) is -0.332.